The molecule has 2 nitrogen and oxygen atoms in total. The fourth-order valence-corrected chi connectivity index (χ4v) is 5.63. The molecule has 52 valence electrons. The van der Waals surface area contributed by atoms with Crippen LogP contribution in [-0.2, 0) is 61.7 Å². The molecular formula is C6H12Hg2O2. The van der Waals surface area contributed by atoms with Crippen LogP contribution in [0.3, 0.4) is 0 Å². The van der Waals surface area contributed by atoms with E-state index in [2.05, 4.69) is 0 Å². The normalized spacial score (nSPS) is 17.0. The van der Waals surface area contributed by atoms with Crippen LogP contribution in [0.2, 0.25) is 7.86 Å². The van der Waals surface area contributed by atoms with Crippen molar-refractivity contribution in [2.45, 2.75) is 20.1 Å². The van der Waals surface area contributed by atoms with Crippen LogP contribution in [0, 0.1) is 0 Å². The third kappa shape index (κ3) is 3.98. The molecule has 0 aromatic carbocycles. The minimum absolute atomic E-state index is 0.394. The summed E-state index contributed by atoms with van der Waals surface area (Å²) in [6.45, 7) is 0. The summed E-state index contributed by atoms with van der Waals surface area (Å²) in [4.78, 5) is 0. The van der Waals surface area contributed by atoms with E-state index in [1.165, 1.54) is 7.86 Å². The summed E-state index contributed by atoms with van der Waals surface area (Å²) < 4.78 is 13.1. The van der Waals surface area contributed by atoms with Gasteiger partial charge in [-0.25, -0.2) is 0 Å². The second-order valence-corrected chi connectivity index (χ2v) is 6.61. The van der Waals surface area contributed by atoms with E-state index in [0.29, 0.717) is 12.2 Å². The Balaban J connectivity index is 3.70. The van der Waals surface area contributed by atoms with Gasteiger partial charge in [0.25, 0.3) is 0 Å². The fraction of sp³-hybridized carbons (Fsp3) is 1.00. The van der Waals surface area contributed by atoms with Crippen LogP contribution in [0.1, 0.15) is 0 Å². The number of hydrogen-bond donors (Lipinski definition) is 0. The van der Waals surface area contributed by atoms with Crippen LogP contribution < -0.4 is 0 Å². The van der Waals surface area contributed by atoms with Gasteiger partial charge in [-0.05, 0) is 0 Å². The maximum absolute atomic E-state index is 5.30. The Kier molecular flexibility index (Phi) is 8.77. The van der Waals surface area contributed by atoms with E-state index in [1.54, 1.807) is 14.2 Å². The van der Waals surface area contributed by atoms with Crippen molar-refractivity contribution in [1.29, 1.82) is 0 Å². The van der Waals surface area contributed by atoms with Crippen molar-refractivity contribution >= 4 is 0 Å². The summed E-state index contributed by atoms with van der Waals surface area (Å²) in [7, 11) is 3.57. The molecule has 0 fully saturated rings. The average molecular weight is 517 g/mol. The Morgan fingerprint density at radius 3 is 1.40 bits per heavy atom. The van der Waals surface area contributed by atoms with Crippen LogP contribution in [0.25, 0.3) is 0 Å². The molecule has 0 spiro atoms. The molecule has 0 bridgehead atoms. The first-order chi connectivity index (χ1) is 4.79. The maximum atomic E-state index is 5.30. The Bertz CT molecular complexity index is 62.1. The average Bonchev–Trinajstić information content (AvgIpc) is 2.00. The zero-order valence-electron chi connectivity index (χ0n) is 6.80. The summed E-state index contributed by atoms with van der Waals surface area (Å²) in [6.07, 6.45) is 0.789. The van der Waals surface area contributed by atoms with E-state index < -0.39 is 0 Å². The van der Waals surface area contributed by atoms with Crippen LogP contribution in [-0.4, -0.2) is 26.4 Å². The molecule has 0 heterocycles. The quantitative estimate of drug-likeness (QED) is 0.506. The van der Waals surface area contributed by atoms with E-state index >= 15 is 0 Å². The summed E-state index contributed by atoms with van der Waals surface area (Å²) in [5, 5.41) is 0. The first-order valence-electron chi connectivity index (χ1n) is 3.44. The van der Waals surface area contributed by atoms with Crippen molar-refractivity contribution in [3.63, 3.8) is 0 Å². The first kappa shape index (κ1) is 11.8. The van der Waals surface area contributed by atoms with E-state index in [-0.39, 0.29) is 0 Å². The van der Waals surface area contributed by atoms with E-state index in [9.17, 15) is 0 Å². The van der Waals surface area contributed by atoms with E-state index in [4.69, 9.17) is 9.47 Å². The van der Waals surface area contributed by atoms with Crippen molar-refractivity contribution in [3.05, 3.63) is 0 Å². The van der Waals surface area contributed by atoms with Crippen molar-refractivity contribution in [2.75, 3.05) is 14.2 Å². The van der Waals surface area contributed by atoms with Crippen molar-refractivity contribution < 1.29 is 61.7 Å². The third-order valence-corrected chi connectivity index (χ3v) is 6.01. The fourth-order valence-electron chi connectivity index (χ4n) is 0.911. The Hall–Kier alpha value is 1.79. The Labute approximate surface area is 95.0 Å². The Morgan fingerprint density at radius 2 is 1.30 bits per heavy atom. The number of methoxy groups -OCH3 is 2. The number of hydrogen-bond acceptors (Lipinski definition) is 2. The molecule has 0 amide bonds. The van der Waals surface area contributed by atoms with Crippen LogP contribution >= 0.6 is 0 Å². The van der Waals surface area contributed by atoms with Crippen molar-refractivity contribution in [1.82, 2.24) is 0 Å². The summed E-state index contributed by atoms with van der Waals surface area (Å²) in [5.41, 5.74) is 0. The number of rotatable bonds is 5. The number of ether oxygens (including phenoxy) is 2. The van der Waals surface area contributed by atoms with Gasteiger partial charge in [-0.1, -0.05) is 0 Å². The van der Waals surface area contributed by atoms with Gasteiger partial charge < -0.3 is 0 Å². The molecule has 0 aromatic rings. The second-order valence-electron chi connectivity index (χ2n) is 2.13. The molecule has 4 heteroatoms. The molecular weight excluding hydrogens is 505 g/mol. The topological polar surface area (TPSA) is 18.5 Å². The van der Waals surface area contributed by atoms with Gasteiger partial charge in [0.1, 0.15) is 0 Å². The molecule has 0 aliphatic carbocycles. The van der Waals surface area contributed by atoms with Gasteiger partial charge in [-0.2, -0.15) is 0 Å². The van der Waals surface area contributed by atoms with Gasteiger partial charge in [0, 0.05) is 0 Å². The summed E-state index contributed by atoms with van der Waals surface area (Å²) in [6, 6.07) is 0. The van der Waals surface area contributed by atoms with Crippen molar-refractivity contribution in [2.24, 2.45) is 0 Å². The predicted molar refractivity (Wildman–Crippen MR) is 31.2 cm³/mol. The van der Waals surface area contributed by atoms with Crippen LogP contribution in [0.5, 0.6) is 0 Å². The molecule has 0 rings (SSSR count). The van der Waals surface area contributed by atoms with E-state index in [0.717, 1.165) is 52.2 Å². The van der Waals surface area contributed by atoms with Gasteiger partial charge in [0.15, 0.2) is 0 Å². The predicted octanol–water partition coefficient (Wildman–Crippen LogP) is 0.947. The monoisotopic (exact) mass is 520 g/mol. The molecule has 0 N–H and O–H groups in total. The molecule has 2 atom stereocenters. The molecule has 0 aromatic heterocycles. The molecule has 0 saturated heterocycles. The minimum atomic E-state index is 0.394. The van der Waals surface area contributed by atoms with Gasteiger partial charge in [0.2, 0.25) is 0 Å². The zero-order chi connectivity index (χ0) is 7.98. The van der Waals surface area contributed by atoms with Gasteiger partial charge in [-0.15, -0.1) is 0 Å². The summed E-state index contributed by atoms with van der Waals surface area (Å²) >= 11 is 1.67. The SMILES string of the molecule is COC([CH2][Hg])C([CH2][Hg])OC. The molecule has 0 radical (unpaired) electrons. The van der Waals surface area contributed by atoms with Crippen LogP contribution in [0.15, 0.2) is 0 Å². The van der Waals surface area contributed by atoms with Crippen molar-refractivity contribution in [3.8, 4) is 0 Å². The molecule has 10 heavy (non-hydrogen) atoms. The van der Waals surface area contributed by atoms with Gasteiger partial charge in [-0.3, -0.25) is 0 Å². The van der Waals surface area contributed by atoms with Gasteiger partial charge in [0.05, 0.1) is 0 Å². The zero-order valence-corrected chi connectivity index (χ0v) is 17.8. The standard InChI is InChI=1S/C6H12O2.2Hg/c1-5(7-3)6(2)8-4;;/h5-6H,1-2H2,3-4H3;;. The Morgan fingerprint density at radius 1 is 1.00 bits per heavy atom. The second kappa shape index (κ2) is 7.44. The van der Waals surface area contributed by atoms with Gasteiger partial charge >= 0.3 is 96.0 Å². The third-order valence-electron chi connectivity index (χ3n) is 1.59. The molecule has 0 aliphatic rings. The first-order valence-corrected chi connectivity index (χ1v) is 11.2. The molecule has 0 saturated carbocycles. The van der Waals surface area contributed by atoms with Crippen LogP contribution in [0.4, 0.5) is 0 Å². The summed E-state index contributed by atoms with van der Waals surface area (Å²) in [5.74, 6) is 0. The molecule has 2 unspecified atom stereocenters. The molecule has 0 aliphatic heterocycles. The van der Waals surface area contributed by atoms with E-state index in [1.807, 2.05) is 0 Å².